The van der Waals surface area contributed by atoms with E-state index in [2.05, 4.69) is 0 Å². The molecule has 0 aromatic heterocycles. The minimum atomic E-state index is -4.26. The molecule has 1 aliphatic heterocycles. The smallest absolute Gasteiger partial charge is 0.389 e. The number of hydrogen-bond acceptors (Lipinski definition) is 5. The van der Waals surface area contributed by atoms with Gasteiger partial charge in [-0.2, -0.15) is 13.2 Å². The van der Waals surface area contributed by atoms with Crippen molar-refractivity contribution in [3.63, 3.8) is 0 Å². The Morgan fingerprint density at radius 3 is 2.48 bits per heavy atom. The summed E-state index contributed by atoms with van der Waals surface area (Å²) in [5.74, 6) is -1.34. The Kier molecular flexibility index (Phi) is 10.3. The number of benzene rings is 1. The number of carbonyl (C=O) groups is 1. The molecule has 0 bridgehead atoms. The predicted octanol–water partition coefficient (Wildman–Crippen LogP) is 3.42. The first-order chi connectivity index (χ1) is 13.2. The second-order valence-electron chi connectivity index (χ2n) is 6.93. The number of carbonyl (C=O) groups excluding carboxylic acids is 1. The molecule has 0 spiro atoms. The van der Waals surface area contributed by atoms with Crippen LogP contribution in [0.25, 0.3) is 0 Å². The van der Waals surface area contributed by atoms with Gasteiger partial charge in [-0.25, -0.2) is 4.39 Å². The van der Waals surface area contributed by atoms with Crippen LogP contribution < -0.4 is 5.73 Å². The van der Waals surface area contributed by atoms with Gasteiger partial charge in [-0.15, -0.1) is 12.4 Å². The lowest BCUT2D eigenvalue weighted by molar-refractivity contribution is -0.161. The van der Waals surface area contributed by atoms with E-state index < -0.39 is 36.8 Å². The third-order valence-corrected chi connectivity index (χ3v) is 4.49. The summed E-state index contributed by atoms with van der Waals surface area (Å²) < 4.78 is 66.8. The van der Waals surface area contributed by atoms with Crippen molar-refractivity contribution in [2.75, 3.05) is 19.8 Å². The summed E-state index contributed by atoms with van der Waals surface area (Å²) in [6.45, 7) is 1.61. The molecule has 1 aromatic rings. The van der Waals surface area contributed by atoms with Gasteiger partial charge < -0.3 is 19.9 Å². The molecular weight excluding hydrogens is 418 g/mol. The van der Waals surface area contributed by atoms with Gasteiger partial charge in [0, 0.05) is 18.9 Å². The standard InChI is InChI=1S/C19H25F4NO4.ClH/c1-12-17(27-8-2-7-19(21,22)23)14(9-13-3-5-15(20)6-4-13)10-26-11-16(24)18(25)28-12;/h3-6,12,14,16-17H,2,7-11,24H2,1H3;1H/t12-,14-,16-,17-;/m0./s1. The molecule has 1 aliphatic rings. The molecule has 4 atom stereocenters. The van der Waals surface area contributed by atoms with Crippen molar-refractivity contribution in [1.82, 2.24) is 0 Å². The van der Waals surface area contributed by atoms with Crippen LogP contribution in [-0.2, 0) is 25.4 Å². The lowest BCUT2D eigenvalue weighted by atomic mass is 9.91. The normalized spacial score (nSPS) is 25.9. The highest BCUT2D eigenvalue weighted by atomic mass is 35.5. The number of hydrogen-bond donors (Lipinski definition) is 1. The molecule has 29 heavy (non-hydrogen) atoms. The maximum absolute atomic E-state index is 13.2. The molecule has 0 unspecified atom stereocenters. The van der Waals surface area contributed by atoms with Gasteiger partial charge in [0.25, 0.3) is 0 Å². The second kappa shape index (κ2) is 11.7. The van der Waals surface area contributed by atoms with E-state index in [0.717, 1.165) is 5.56 Å². The van der Waals surface area contributed by atoms with Gasteiger partial charge in [-0.1, -0.05) is 12.1 Å². The van der Waals surface area contributed by atoms with Gasteiger partial charge in [-0.05, 0) is 37.5 Å². The summed E-state index contributed by atoms with van der Waals surface area (Å²) in [7, 11) is 0. The predicted molar refractivity (Wildman–Crippen MR) is 100 cm³/mol. The fourth-order valence-electron chi connectivity index (χ4n) is 3.09. The zero-order chi connectivity index (χ0) is 20.7. The minimum absolute atomic E-state index is 0. The van der Waals surface area contributed by atoms with Crippen molar-refractivity contribution >= 4 is 18.4 Å². The quantitative estimate of drug-likeness (QED) is 0.414. The highest BCUT2D eigenvalue weighted by Gasteiger charge is 2.34. The van der Waals surface area contributed by atoms with Crippen LogP contribution in [0.1, 0.15) is 25.3 Å². The maximum Gasteiger partial charge on any atom is 0.389 e. The fourth-order valence-corrected chi connectivity index (χ4v) is 3.09. The van der Waals surface area contributed by atoms with Crippen molar-refractivity contribution in [2.45, 2.75) is 50.6 Å². The first kappa shape index (κ1) is 25.6. The highest BCUT2D eigenvalue weighted by molar-refractivity contribution is 5.85. The molecule has 5 nitrogen and oxygen atoms in total. The first-order valence-electron chi connectivity index (χ1n) is 9.12. The monoisotopic (exact) mass is 443 g/mol. The highest BCUT2D eigenvalue weighted by Crippen LogP contribution is 2.25. The van der Waals surface area contributed by atoms with E-state index in [1.54, 1.807) is 19.1 Å². The number of nitrogens with two attached hydrogens (primary N) is 1. The second-order valence-corrected chi connectivity index (χ2v) is 6.93. The number of rotatable bonds is 6. The number of halogens is 5. The molecule has 1 saturated heterocycles. The lowest BCUT2D eigenvalue weighted by Crippen LogP contribution is -2.42. The summed E-state index contributed by atoms with van der Waals surface area (Å²) in [5, 5.41) is 0. The van der Waals surface area contributed by atoms with E-state index in [-0.39, 0.29) is 50.4 Å². The topological polar surface area (TPSA) is 70.8 Å². The SMILES string of the molecule is C[C@@H]1OC(=O)[C@@H](N)COC[C@H](Cc2ccc(F)cc2)[C@H]1OCCCC(F)(F)F.Cl. The molecule has 2 rings (SSSR count). The third kappa shape index (κ3) is 8.86. The molecule has 2 N–H and O–H groups in total. The van der Waals surface area contributed by atoms with E-state index in [1.807, 2.05) is 0 Å². The van der Waals surface area contributed by atoms with Crippen LogP contribution in [0.4, 0.5) is 17.6 Å². The van der Waals surface area contributed by atoms with E-state index >= 15 is 0 Å². The Morgan fingerprint density at radius 2 is 1.86 bits per heavy atom. The number of ether oxygens (including phenoxy) is 3. The van der Waals surface area contributed by atoms with Gasteiger partial charge in [0.15, 0.2) is 0 Å². The average molecular weight is 444 g/mol. The van der Waals surface area contributed by atoms with Crippen LogP contribution in [0.15, 0.2) is 24.3 Å². The molecule has 1 aromatic carbocycles. The molecule has 10 heteroatoms. The lowest BCUT2D eigenvalue weighted by Gasteiger charge is -2.31. The Bertz CT molecular complexity index is 630. The van der Waals surface area contributed by atoms with Gasteiger partial charge >= 0.3 is 12.1 Å². The van der Waals surface area contributed by atoms with Gasteiger partial charge in [0.1, 0.15) is 18.0 Å². The van der Waals surface area contributed by atoms with Crippen molar-refractivity contribution < 1.29 is 36.6 Å². The van der Waals surface area contributed by atoms with Gasteiger partial charge in [0.05, 0.1) is 19.3 Å². The molecule has 0 aliphatic carbocycles. The Labute approximate surface area is 173 Å². The summed E-state index contributed by atoms with van der Waals surface area (Å²) in [5.41, 5.74) is 6.51. The van der Waals surface area contributed by atoms with E-state index in [0.29, 0.717) is 6.42 Å². The molecule has 166 valence electrons. The molecular formula is C19H26ClF4NO4. The molecule has 0 saturated carbocycles. The zero-order valence-corrected chi connectivity index (χ0v) is 16.8. The summed E-state index contributed by atoms with van der Waals surface area (Å²) in [6, 6.07) is 4.93. The largest absolute Gasteiger partial charge is 0.459 e. The molecule has 1 fully saturated rings. The van der Waals surface area contributed by atoms with E-state index in [9.17, 15) is 22.4 Å². The van der Waals surface area contributed by atoms with Crippen molar-refractivity contribution in [2.24, 2.45) is 11.7 Å². The molecule has 1 heterocycles. The number of alkyl halides is 3. The van der Waals surface area contributed by atoms with Crippen LogP contribution in [0.3, 0.4) is 0 Å². The Hall–Kier alpha value is -1.42. The average Bonchev–Trinajstić information content (AvgIpc) is 2.65. The van der Waals surface area contributed by atoms with Crippen molar-refractivity contribution in [1.29, 1.82) is 0 Å². The van der Waals surface area contributed by atoms with Crippen LogP contribution in [0.2, 0.25) is 0 Å². The van der Waals surface area contributed by atoms with Crippen molar-refractivity contribution in [3.8, 4) is 0 Å². The maximum atomic E-state index is 13.2. The molecule has 0 radical (unpaired) electrons. The Balaban J connectivity index is 0.00000420. The van der Waals surface area contributed by atoms with Gasteiger partial charge in [0.2, 0.25) is 0 Å². The van der Waals surface area contributed by atoms with Crippen LogP contribution >= 0.6 is 12.4 Å². The Morgan fingerprint density at radius 1 is 1.21 bits per heavy atom. The van der Waals surface area contributed by atoms with Crippen LogP contribution in [0.5, 0.6) is 0 Å². The summed E-state index contributed by atoms with van der Waals surface area (Å²) in [4.78, 5) is 12.0. The van der Waals surface area contributed by atoms with Crippen molar-refractivity contribution in [3.05, 3.63) is 35.6 Å². The van der Waals surface area contributed by atoms with Gasteiger partial charge in [-0.3, -0.25) is 4.79 Å². The summed E-state index contributed by atoms with van der Waals surface area (Å²) in [6.07, 6.45) is -6.42. The van der Waals surface area contributed by atoms with E-state index in [4.69, 9.17) is 19.9 Å². The van der Waals surface area contributed by atoms with E-state index in [1.165, 1.54) is 12.1 Å². The third-order valence-electron chi connectivity index (χ3n) is 4.49. The van der Waals surface area contributed by atoms with Crippen LogP contribution in [0, 0.1) is 11.7 Å². The zero-order valence-electron chi connectivity index (χ0n) is 16.0. The summed E-state index contributed by atoms with van der Waals surface area (Å²) >= 11 is 0. The van der Waals surface area contributed by atoms with Crippen LogP contribution in [-0.4, -0.2) is 50.2 Å². The molecule has 0 amide bonds. The number of cyclic esters (lactones) is 1. The minimum Gasteiger partial charge on any atom is -0.459 e. The first-order valence-corrected chi connectivity index (χ1v) is 9.12. The fraction of sp³-hybridized carbons (Fsp3) is 0.632. The number of esters is 1.